The highest BCUT2D eigenvalue weighted by Crippen LogP contribution is 2.35. The number of amides is 1. The number of benzene rings is 3. The number of carbonyl (C=O) groups excluding carboxylic acids is 1. The van der Waals surface area contributed by atoms with E-state index in [9.17, 15) is 9.90 Å². The minimum absolute atomic E-state index is 0.0547. The molecule has 0 saturated carbocycles. The summed E-state index contributed by atoms with van der Waals surface area (Å²) >= 11 is 0. The Balaban J connectivity index is 1.57. The minimum atomic E-state index is -1.40. The van der Waals surface area contributed by atoms with E-state index in [2.05, 4.69) is 0 Å². The van der Waals surface area contributed by atoms with E-state index in [1.807, 2.05) is 84.9 Å². The van der Waals surface area contributed by atoms with Crippen molar-refractivity contribution in [3.63, 3.8) is 0 Å². The zero-order chi connectivity index (χ0) is 23.1. The molecule has 33 heavy (non-hydrogen) atoms. The first kappa shape index (κ1) is 23.0. The summed E-state index contributed by atoms with van der Waals surface area (Å²) in [5, 5.41) is 12.0. The van der Waals surface area contributed by atoms with Crippen molar-refractivity contribution in [1.29, 1.82) is 0 Å². The van der Waals surface area contributed by atoms with E-state index in [4.69, 9.17) is 9.47 Å². The van der Waals surface area contributed by atoms with Crippen molar-refractivity contribution in [2.24, 2.45) is 0 Å². The van der Waals surface area contributed by atoms with Crippen LogP contribution >= 0.6 is 0 Å². The van der Waals surface area contributed by atoms with Gasteiger partial charge in [-0.05, 0) is 41.7 Å². The number of aliphatic hydroxyl groups is 1. The van der Waals surface area contributed by atoms with Crippen molar-refractivity contribution >= 4 is 5.91 Å². The fraction of sp³-hybridized carbons (Fsp3) is 0.321. The van der Waals surface area contributed by atoms with Gasteiger partial charge < -0.3 is 19.5 Å². The van der Waals surface area contributed by atoms with E-state index in [0.29, 0.717) is 38.8 Å². The highest BCUT2D eigenvalue weighted by atomic mass is 16.5. The summed E-state index contributed by atoms with van der Waals surface area (Å²) in [6, 6.07) is 27.6. The lowest BCUT2D eigenvalue weighted by Crippen LogP contribution is -2.62. The van der Waals surface area contributed by atoms with Gasteiger partial charge in [-0.1, -0.05) is 72.8 Å². The van der Waals surface area contributed by atoms with E-state index >= 15 is 0 Å². The van der Waals surface area contributed by atoms with Crippen molar-refractivity contribution in [3.8, 4) is 5.75 Å². The number of hydrogen-bond donors (Lipinski definition) is 1. The van der Waals surface area contributed by atoms with Crippen LogP contribution in [0.3, 0.4) is 0 Å². The Morgan fingerprint density at radius 2 is 1.55 bits per heavy atom. The molecule has 1 N–H and O–H groups in total. The number of aryl methyl sites for hydroxylation is 1. The topological polar surface area (TPSA) is 59.0 Å². The molecular weight excluding hydrogens is 414 g/mol. The van der Waals surface area contributed by atoms with Crippen molar-refractivity contribution in [3.05, 3.63) is 102 Å². The Morgan fingerprint density at radius 3 is 2.18 bits per heavy atom. The average molecular weight is 446 g/mol. The van der Waals surface area contributed by atoms with Gasteiger partial charge in [0.2, 0.25) is 5.91 Å². The summed E-state index contributed by atoms with van der Waals surface area (Å²) in [4.78, 5) is 14.7. The third-order valence-electron chi connectivity index (χ3n) is 6.32. The maximum absolute atomic E-state index is 13.1. The largest absolute Gasteiger partial charge is 0.497 e. The van der Waals surface area contributed by atoms with Crippen LogP contribution in [-0.2, 0) is 29.1 Å². The SMILES string of the molecule is COc1ccc(CN2C(=O)CC[C@H](OCc3ccccc3)C2(O)CCc2ccccc2)cc1. The van der Waals surface area contributed by atoms with Crippen LogP contribution in [-0.4, -0.2) is 34.9 Å². The minimum Gasteiger partial charge on any atom is -0.497 e. The smallest absolute Gasteiger partial charge is 0.225 e. The summed E-state index contributed by atoms with van der Waals surface area (Å²) in [6.45, 7) is 0.711. The molecule has 172 valence electrons. The van der Waals surface area contributed by atoms with E-state index in [0.717, 1.165) is 22.4 Å². The second-order valence-electron chi connectivity index (χ2n) is 8.52. The summed E-state index contributed by atoms with van der Waals surface area (Å²) in [5.74, 6) is 0.702. The maximum atomic E-state index is 13.1. The van der Waals surface area contributed by atoms with Crippen LogP contribution in [0.2, 0.25) is 0 Å². The molecule has 0 bridgehead atoms. The van der Waals surface area contributed by atoms with Gasteiger partial charge in [-0.2, -0.15) is 0 Å². The molecule has 1 unspecified atom stereocenters. The number of methoxy groups -OCH3 is 1. The van der Waals surface area contributed by atoms with Gasteiger partial charge in [0.05, 0.1) is 13.7 Å². The molecule has 0 spiro atoms. The molecule has 1 heterocycles. The normalized spacial score (nSPS) is 20.6. The molecule has 2 atom stereocenters. The molecule has 1 aliphatic heterocycles. The summed E-state index contributed by atoms with van der Waals surface area (Å²) < 4.78 is 11.5. The van der Waals surface area contributed by atoms with Crippen LogP contribution in [0, 0.1) is 0 Å². The van der Waals surface area contributed by atoms with Gasteiger partial charge in [-0.25, -0.2) is 0 Å². The zero-order valence-electron chi connectivity index (χ0n) is 19.0. The first-order valence-electron chi connectivity index (χ1n) is 11.4. The van der Waals surface area contributed by atoms with Crippen LogP contribution in [0.1, 0.15) is 36.0 Å². The molecule has 1 amide bonds. The highest BCUT2D eigenvalue weighted by Gasteiger charge is 2.48. The quantitative estimate of drug-likeness (QED) is 0.518. The van der Waals surface area contributed by atoms with Gasteiger partial charge >= 0.3 is 0 Å². The van der Waals surface area contributed by atoms with E-state index in [1.54, 1.807) is 12.0 Å². The monoisotopic (exact) mass is 445 g/mol. The number of rotatable bonds is 9. The fourth-order valence-electron chi connectivity index (χ4n) is 4.41. The Morgan fingerprint density at radius 1 is 0.909 bits per heavy atom. The number of hydrogen-bond acceptors (Lipinski definition) is 4. The van der Waals surface area contributed by atoms with E-state index in [1.165, 1.54) is 0 Å². The second kappa shape index (κ2) is 10.6. The summed E-state index contributed by atoms with van der Waals surface area (Å²) in [6.07, 6.45) is 1.42. The van der Waals surface area contributed by atoms with Gasteiger partial charge in [-0.15, -0.1) is 0 Å². The molecule has 4 rings (SSSR count). The van der Waals surface area contributed by atoms with Gasteiger partial charge in [0, 0.05) is 19.4 Å². The lowest BCUT2D eigenvalue weighted by molar-refractivity contribution is -0.224. The van der Waals surface area contributed by atoms with Crippen LogP contribution in [0.15, 0.2) is 84.9 Å². The van der Waals surface area contributed by atoms with Crippen molar-refractivity contribution < 1.29 is 19.4 Å². The van der Waals surface area contributed by atoms with Gasteiger partial charge in [0.15, 0.2) is 5.72 Å². The number of likely N-dealkylation sites (tertiary alicyclic amines) is 1. The Labute approximate surface area is 195 Å². The lowest BCUT2D eigenvalue weighted by Gasteiger charge is -2.48. The first-order valence-corrected chi connectivity index (χ1v) is 11.4. The lowest BCUT2D eigenvalue weighted by atomic mass is 9.88. The van der Waals surface area contributed by atoms with Crippen molar-refractivity contribution in [2.45, 2.75) is 50.7 Å². The number of nitrogens with zero attached hydrogens (tertiary/aromatic N) is 1. The third-order valence-corrected chi connectivity index (χ3v) is 6.32. The predicted molar refractivity (Wildman–Crippen MR) is 128 cm³/mol. The van der Waals surface area contributed by atoms with Crippen LogP contribution in [0.4, 0.5) is 0 Å². The predicted octanol–water partition coefficient (Wildman–Crippen LogP) is 4.72. The number of piperidine rings is 1. The van der Waals surface area contributed by atoms with Crippen molar-refractivity contribution in [2.75, 3.05) is 7.11 Å². The van der Waals surface area contributed by atoms with Crippen LogP contribution in [0.25, 0.3) is 0 Å². The Hall–Kier alpha value is -3.15. The fourth-order valence-corrected chi connectivity index (χ4v) is 4.41. The molecule has 1 saturated heterocycles. The molecule has 0 radical (unpaired) electrons. The molecule has 3 aromatic rings. The molecule has 0 aliphatic carbocycles. The van der Waals surface area contributed by atoms with Gasteiger partial charge in [0.25, 0.3) is 0 Å². The van der Waals surface area contributed by atoms with Crippen molar-refractivity contribution in [1.82, 2.24) is 4.90 Å². The molecule has 5 nitrogen and oxygen atoms in total. The van der Waals surface area contributed by atoms with E-state index < -0.39 is 11.8 Å². The van der Waals surface area contributed by atoms with Crippen LogP contribution < -0.4 is 4.74 Å². The number of ether oxygens (including phenoxy) is 2. The Kier molecular flexibility index (Phi) is 7.43. The van der Waals surface area contributed by atoms with E-state index in [-0.39, 0.29) is 5.91 Å². The van der Waals surface area contributed by atoms with Gasteiger partial charge in [-0.3, -0.25) is 4.79 Å². The molecule has 5 heteroatoms. The highest BCUT2D eigenvalue weighted by molar-refractivity contribution is 5.78. The maximum Gasteiger partial charge on any atom is 0.225 e. The molecular formula is C28H31NO4. The van der Waals surface area contributed by atoms with Gasteiger partial charge in [0.1, 0.15) is 11.9 Å². The molecule has 3 aromatic carbocycles. The van der Waals surface area contributed by atoms with Crippen LogP contribution in [0.5, 0.6) is 5.75 Å². The first-order chi connectivity index (χ1) is 16.1. The molecule has 1 fully saturated rings. The average Bonchev–Trinajstić information content (AvgIpc) is 2.86. The Bertz CT molecular complexity index is 1020. The summed E-state index contributed by atoms with van der Waals surface area (Å²) in [7, 11) is 1.63. The molecule has 0 aromatic heterocycles. The molecule has 1 aliphatic rings. The number of carbonyl (C=O) groups is 1. The standard InChI is InChI=1S/C28H31NO4/c1-32-25-14-12-23(13-15-25)20-29-27(30)17-16-26(33-21-24-10-6-3-7-11-24)28(29,31)19-18-22-8-4-2-5-9-22/h2-15,26,31H,16-21H2,1H3/t26-,28?/m0/s1. The second-order valence-corrected chi connectivity index (χ2v) is 8.52. The third kappa shape index (κ3) is 5.62. The zero-order valence-corrected chi connectivity index (χ0v) is 19.0. The summed E-state index contributed by atoms with van der Waals surface area (Å²) in [5.41, 5.74) is 1.70.